The van der Waals surface area contributed by atoms with Gasteiger partial charge in [0, 0.05) is 51.2 Å². The van der Waals surface area contributed by atoms with Crippen LogP contribution >= 0.6 is 0 Å². The molecule has 0 aliphatic carbocycles. The summed E-state index contributed by atoms with van der Waals surface area (Å²) in [6.45, 7) is 3.83. The molecule has 278 valence electrons. The van der Waals surface area contributed by atoms with Crippen molar-refractivity contribution in [2.24, 2.45) is 0 Å². The number of ether oxygens (including phenoxy) is 2. The van der Waals surface area contributed by atoms with Crippen molar-refractivity contribution in [3.63, 3.8) is 0 Å². The van der Waals surface area contributed by atoms with Gasteiger partial charge in [-0.3, -0.25) is 19.6 Å². The van der Waals surface area contributed by atoms with Crippen molar-refractivity contribution in [1.82, 2.24) is 38.7 Å². The lowest BCUT2D eigenvalue weighted by molar-refractivity contribution is 0.101. The lowest BCUT2D eigenvalue weighted by Crippen LogP contribution is -2.15. The minimum atomic E-state index is -0.514. The average molecular weight is 745 g/mol. The van der Waals surface area contributed by atoms with Crippen molar-refractivity contribution in [1.29, 1.82) is 0 Å². The number of rotatable bonds is 9. The molecule has 2 amide bonds. The predicted molar refractivity (Wildman–Crippen MR) is 202 cm³/mol. The Morgan fingerprint density at radius 3 is 1.69 bits per heavy atom. The lowest BCUT2D eigenvalue weighted by Gasteiger charge is -2.10. The van der Waals surface area contributed by atoms with Crippen LogP contribution in [-0.2, 0) is 6.42 Å². The molecule has 0 saturated heterocycles. The van der Waals surface area contributed by atoms with Crippen LogP contribution < -0.4 is 20.1 Å². The molecule has 0 aromatic carbocycles. The molecule has 8 aromatic heterocycles. The molecular weight excluding hydrogens is 710 g/mol. The van der Waals surface area contributed by atoms with Crippen molar-refractivity contribution in [3.8, 4) is 23.0 Å². The van der Waals surface area contributed by atoms with E-state index in [4.69, 9.17) is 9.47 Å². The van der Waals surface area contributed by atoms with Gasteiger partial charge >= 0.3 is 0 Å². The average Bonchev–Trinajstić information content (AvgIpc) is 3.85. The Morgan fingerprint density at radius 2 is 1.20 bits per heavy atom. The van der Waals surface area contributed by atoms with Crippen LogP contribution in [-0.4, -0.2) is 50.5 Å². The monoisotopic (exact) mass is 744 g/mol. The summed E-state index contributed by atoms with van der Waals surface area (Å²) in [6, 6.07) is 16.3. The maximum Gasteiger partial charge on any atom is 0.260 e. The molecule has 55 heavy (non-hydrogen) atoms. The van der Waals surface area contributed by atoms with Crippen molar-refractivity contribution in [2.75, 3.05) is 10.6 Å². The number of halogens is 2. The van der Waals surface area contributed by atoms with Crippen LogP contribution in [0.4, 0.5) is 20.4 Å². The van der Waals surface area contributed by atoms with Gasteiger partial charge in [-0.1, -0.05) is 19.1 Å². The van der Waals surface area contributed by atoms with E-state index in [0.29, 0.717) is 45.6 Å². The topological polar surface area (TPSA) is 163 Å². The molecule has 0 saturated carbocycles. The molecule has 0 spiro atoms. The van der Waals surface area contributed by atoms with Crippen LogP contribution in [0.25, 0.3) is 11.3 Å². The number of imidazole rings is 2. The van der Waals surface area contributed by atoms with Gasteiger partial charge in [0.05, 0.1) is 48.3 Å². The first-order valence-electron chi connectivity index (χ1n) is 16.7. The summed E-state index contributed by atoms with van der Waals surface area (Å²) >= 11 is 0. The molecule has 8 aromatic rings. The first kappa shape index (κ1) is 35.8. The summed E-state index contributed by atoms with van der Waals surface area (Å²) in [5, 5.41) is 5.53. The number of aromatic nitrogens is 8. The third-order valence-corrected chi connectivity index (χ3v) is 7.79. The third-order valence-electron chi connectivity index (χ3n) is 7.79. The molecule has 8 heterocycles. The summed E-state index contributed by atoms with van der Waals surface area (Å²) in [7, 11) is 0. The second-order valence-electron chi connectivity index (χ2n) is 11.8. The molecule has 0 aliphatic rings. The molecule has 2 N–H and O–H groups in total. The number of carbonyl (C=O) groups excluding carboxylic acids is 2. The number of aryl methyl sites for hydroxylation is 2. The zero-order valence-corrected chi connectivity index (χ0v) is 29.2. The quantitative estimate of drug-likeness (QED) is 0.148. The summed E-state index contributed by atoms with van der Waals surface area (Å²) in [6.07, 6.45) is 15.5. The van der Waals surface area contributed by atoms with Gasteiger partial charge in [0.2, 0.25) is 0 Å². The first-order chi connectivity index (χ1) is 26.7. The second-order valence-corrected chi connectivity index (χ2v) is 11.8. The number of pyridine rings is 6. The van der Waals surface area contributed by atoms with E-state index in [0.717, 1.165) is 30.2 Å². The highest BCUT2D eigenvalue weighted by molar-refractivity contribution is 6.08. The van der Waals surface area contributed by atoms with Gasteiger partial charge in [-0.15, -0.1) is 0 Å². The fourth-order valence-corrected chi connectivity index (χ4v) is 5.35. The number of carbonyl (C=O) groups is 2. The predicted octanol–water partition coefficient (Wildman–Crippen LogP) is 7.98. The first-order valence-corrected chi connectivity index (χ1v) is 16.7. The molecule has 0 fully saturated rings. The number of hydrogen-bond acceptors (Lipinski definition) is 10. The highest BCUT2D eigenvalue weighted by atomic mass is 19.1. The molecular formula is C39H34F2N10O4. The Morgan fingerprint density at radius 1 is 0.691 bits per heavy atom. The SMILES string of the molecule is CCc1cccc(NC(=O)c2cc(Oc3cncc(F)c3)cn3ccnc23)n1.Cc1cccc(NC(=O)c2cc(Oc3cncc(F)c3)cn3ccnc23)n1.[HH].[HH]. The number of nitrogens with one attached hydrogen (secondary N) is 2. The molecule has 0 atom stereocenters. The molecule has 0 unspecified atom stereocenters. The van der Waals surface area contributed by atoms with E-state index in [1.54, 1.807) is 76.3 Å². The Labute approximate surface area is 314 Å². The number of anilines is 2. The zero-order valence-electron chi connectivity index (χ0n) is 29.2. The number of amides is 2. The minimum Gasteiger partial charge on any atom is -0.454 e. The summed E-state index contributed by atoms with van der Waals surface area (Å²) in [5.41, 5.74) is 3.19. The van der Waals surface area contributed by atoms with Crippen LogP contribution in [0.15, 0.2) is 123 Å². The van der Waals surface area contributed by atoms with Crippen molar-refractivity contribution >= 4 is 34.7 Å². The maximum absolute atomic E-state index is 13.4. The van der Waals surface area contributed by atoms with Crippen molar-refractivity contribution < 1.29 is 30.7 Å². The third kappa shape index (κ3) is 8.72. The van der Waals surface area contributed by atoms with Gasteiger partial charge in [0.15, 0.2) is 0 Å². The zero-order chi connectivity index (χ0) is 38.3. The Hall–Kier alpha value is -7.62. The Bertz CT molecular complexity index is 2680. The molecule has 0 aliphatic heterocycles. The van der Waals surface area contributed by atoms with Crippen molar-refractivity contribution in [2.45, 2.75) is 20.3 Å². The Balaban J connectivity index is 0.000000210. The highest BCUT2D eigenvalue weighted by Gasteiger charge is 2.17. The van der Waals surface area contributed by atoms with Crippen LogP contribution in [0.5, 0.6) is 23.0 Å². The normalized spacial score (nSPS) is 10.8. The highest BCUT2D eigenvalue weighted by Crippen LogP contribution is 2.26. The molecule has 14 nitrogen and oxygen atoms in total. The van der Waals surface area contributed by atoms with E-state index >= 15 is 0 Å². The van der Waals surface area contributed by atoms with E-state index in [1.165, 1.54) is 24.5 Å². The number of hydrogen-bond donors (Lipinski definition) is 2. The fraction of sp³-hybridized carbons (Fsp3) is 0.0769. The molecule has 0 bridgehead atoms. The van der Waals surface area contributed by atoms with E-state index in [1.807, 2.05) is 32.0 Å². The van der Waals surface area contributed by atoms with Crippen LogP contribution in [0.3, 0.4) is 0 Å². The molecule has 0 radical (unpaired) electrons. The molecule has 8 rings (SSSR count). The summed E-state index contributed by atoms with van der Waals surface area (Å²) in [5.74, 6) is 0.241. The molecule has 16 heteroatoms. The van der Waals surface area contributed by atoms with Crippen LogP contribution in [0.2, 0.25) is 0 Å². The smallest absolute Gasteiger partial charge is 0.260 e. The minimum absolute atomic E-state index is 0. The van der Waals surface area contributed by atoms with Gasteiger partial charge in [-0.2, -0.15) is 0 Å². The summed E-state index contributed by atoms with van der Waals surface area (Å²) < 4.78 is 41.3. The van der Waals surface area contributed by atoms with Gasteiger partial charge in [-0.25, -0.2) is 28.7 Å². The summed E-state index contributed by atoms with van der Waals surface area (Å²) in [4.78, 5) is 50.2. The van der Waals surface area contributed by atoms with Crippen LogP contribution in [0, 0.1) is 18.6 Å². The second kappa shape index (κ2) is 16.0. The largest absolute Gasteiger partial charge is 0.454 e. The van der Waals surface area contributed by atoms with Crippen LogP contribution in [0.1, 0.15) is 41.9 Å². The fourth-order valence-electron chi connectivity index (χ4n) is 5.35. The van der Waals surface area contributed by atoms with Gasteiger partial charge in [0.1, 0.15) is 57.6 Å². The van der Waals surface area contributed by atoms with E-state index < -0.39 is 11.6 Å². The standard InChI is InChI=1S/C20H16FN5O2.C19H14FN5O2.2H2/c1-2-14-4-3-5-18(24-14)25-20(27)17-9-16(12-26-7-6-23-19(17)26)28-15-8-13(21)10-22-11-15;1-12-3-2-4-17(23-12)24-19(26)16-8-15(11-25-6-5-22-18(16)25)27-14-7-13(20)9-21-10-14;;/h3-12H,2H2,1H3,(H,24,25,27);2-11H,1H3,(H,23,24,26);2*1H. The lowest BCUT2D eigenvalue weighted by atomic mass is 10.2. The van der Waals surface area contributed by atoms with E-state index in [9.17, 15) is 18.4 Å². The Kier molecular flexibility index (Phi) is 10.4. The van der Waals surface area contributed by atoms with E-state index in [2.05, 4.69) is 40.5 Å². The van der Waals surface area contributed by atoms with Gasteiger partial charge in [-0.05, 0) is 49.7 Å². The number of nitrogens with zero attached hydrogens (tertiary/aromatic N) is 8. The number of fused-ring (bicyclic) bond motifs is 2. The van der Waals surface area contributed by atoms with Crippen molar-refractivity contribution in [3.05, 3.63) is 157 Å². The van der Waals surface area contributed by atoms with E-state index in [-0.39, 0.29) is 26.2 Å². The van der Waals surface area contributed by atoms with Gasteiger partial charge < -0.3 is 28.9 Å². The van der Waals surface area contributed by atoms with Gasteiger partial charge in [0.25, 0.3) is 11.8 Å². The maximum atomic E-state index is 13.4.